The summed E-state index contributed by atoms with van der Waals surface area (Å²) in [5.74, 6) is 1.39. The minimum absolute atomic E-state index is 0.0961. The molecule has 0 radical (unpaired) electrons. The van der Waals surface area contributed by atoms with Gasteiger partial charge in [0.15, 0.2) is 0 Å². The second kappa shape index (κ2) is 7.07. The highest BCUT2D eigenvalue weighted by Gasteiger charge is 2.22. The van der Waals surface area contributed by atoms with E-state index in [0.717, 1.165) is 16.9 Å². The van der Waals surface area contributed by atoms with Crippen molar-refractivity contribution in [2.45, 2.75) is 26.3 Å². The van der Waals surface area contributed by atoms with E-state index in [0.29, 0.717) is 29.3 Å². The first-order valence-electron chi connectivity index (χ1n) is 6.90. The molecule has 0 aliphatic carbocycles. The molecular formula is C15H19BrClFN2O. The number of aryl methyl sites for hydroxylation is 1. The molecule has 6 heteroatoms. The van der Waals surface area contributed by atoms with Gasteiger partial charge in [-0.1, -0.05) is 13.8 Å². The number of nitrogens with zero attached hydrogens (tertiary/aromatic N) is 2. The number of methoxy groups -OCH3 is 1. The summed E-state index contributed by atoms with van der Waals surface area (Å²) >= 11 is 9.10. The Morgan fingerprint density at radius 3 is 2.71 bits per heavy atom. The van der Waals surface area contributed by atoms with Gasteiger partial charge in [0.05, 0.1) is 28.2 Å². The maximum atomic E-state index is 13.9. The molecule has 116 valence electrons. The lowest BCUT2D eigenvalue weighted by Crippen LogP contribution is -2.22. The van der Waals surface area contributed by atoms with E-state index in [2.05, 4.69) is 39.3 Å². The summed E-state index contributed by atoms with van der Waals surface area (Å²) in [7, 11) is 1.67. The lowest BCUT2D eigenvalue weighted by atomic mass is 10.0. The standard InChI is InChI=1S/C15H19BrClFN2O/c1-9(2)14(8-21-3)20-13-7-11(18)10(16)6-12(13)19-15(20)4-5-17/h6-7,9,14H,4-5,8H2,1-3H3. The number of fused-ring (bicyclic) bond motifs is 1. The Bertz CT molecular complexity index is 630. The number of benzene rings is 1. The monoisotopic (exact) mass is 376 g/mol. The summed E-state index contributed by atoms with van der Waals surface area (Å²) in [6.45, 7) is 4.79. The first-order chi connectivity index (χ1) is 9.99. The van der Waals surface area contributed by atoms with Gasteiger partial charge in [-0.15, -0.1) is 11.6 Å². The van der Waals surface area contributed by atoms with Crippen LogP contribution in [0.3, 0.4) is 0 Å². The van der Waals surface area contributed by atoms with Crippen molar-refractivity contribution in [3.05, 3.63) is 28.2 Å². The number of hydrogen-bond acceptors (Lipinski definition) is 2. The van der Waals surface area contributed by atoms with Gasteiger partial charge in [0.1, 0.15) is 11.6 Å². The van der Waals surface area contributed by atoms with Gasteiger partial charge in [0.2, 0.25) is 0 Å². The zero-order valence-electron chi connectivity index (χ0n) is 12.4. The molecule has 1 heterocycles. The Morgan fingerprint density at radius 2 is 2.14 bits per heavy atom. The van der Waals surface area contributed by atoms with E-state index < -0.39 is 0 Å². The predicted octanol–water partition coefficient (Wildman–Crippen LogP) is 4.56. The lowest BCUT2D eigenvalue weighted by Gasteiger charge is -2.24. The van der Waals surface area contributed by atoms with Crippen LogP contribution in [0.15, 0.2) is 16.6 Å². The fourth-order valence-corrected chi connectivity index (χ4v) is 3.01. The van der Waals surface area contributed by atoms with Gasteiger partial charge in [-0.3, -0.25) is 0 Å². The van der Waals surface area contributed by atoms with Crippen molar-refractivity contribution in [2.24, 2.45) is 5.92 Å². The van der Waals surface area contributed by atoms with Crippen LogP contribution >= 0.6 is 27.5 Å². The topological polar surface area (TPSA) is 27.1 Å². The summed E-state index contributed by atoms with van der Waals surface area (Å²) < 4.78 is 21.8. The van der Waals surface area contributed by atoms with Crippen molar-refractivity contribution in [1.82, 2.24) is 9.55 Å². The first-order valence-corrected chi connectivity index (χ1v) is 8.23. The molecule has 0 N–H and O–H groups in total. The van der Waals surface area contributed by atoms with E-state index in [4.69, 9.17) is 16.3 Å². The molecule has 21 heavy (non-hydrogen) atoms. The van der Waals surface area contributed by atoms with Crippen LogP contribution in [0.1, 0.15) is 25.7 Å². The van der Waals surface area contributed by atoms with E-state index in [-0.39, 0.29) is 11.9 Å². The van der Waals surface area contributed by atoms with Crippen molar-refractivity contribution in [1.29, 1.82) is 0 Å². The molecule has 1 atom stereocenters. The molecule has 0 bridgehead atoms. The maximum absolute atomic E-state index is 13.9. The molecule has 0 amide bonds. The molecular weight excluding hydrogens is 359 g/mol. The van der Waals surface area contributed by atoms with Gasteiger partial charge in [-0.2, -0.15) is 0 Å². The van der Waals surface area contributed by atoms with Crippen LogP contribution in [-0.4, -0.2) is 29.1 Å². The van der Waals surface area contributed by atoms with Crippen LogP contribution in [0.25, 0.3) is 11.0 Å². The lowest BCUT2D eigenvalue weighted by molar-refractivity contribution is 0.133. The number of alkyl halides is 1. The van der Waals surface area contributed by atoms with E-state index in [1.165, 1.54) is 6.07 Å². The quantitative estimate of drug-likeness (QED) is 0.690. The van der Waals surface area contributed by atoms with Gasteiger partial charge < -0.3 is 9.30 Å². The summed E-state index contributed by atoms with van der Waals surface area (Å²) in [5.41, 5.74) is 1.55. The second-order valence-corrected chi connectivity index (χ2v) is 6.59. The third-order valence-electron chi connectivity index (χ3n) is 3.56. The highest BCUT2D eigenvalue weighted by Crippen LogP contribution is 2.30. The molecule has 2 aromatic rings. The summed E-state index contributed by atoms with van der Waals surface area (Å²) in [6.07, 6.45) is 0.641. The number of aromatic nitrogens is 2. The van der Waals surface area contributed by atoms with Gasteiger partial charge in [0.25, 0.3) is 0 Å². The van der Waals surface area contributed by atoms with Gasteiger partial charge >= 0.3 is 0 Å². The third kappa shape index (κ3) is 3.41. The maximum Gasteiger partial charge on any atom is 0.139 e. The number of imidazole rings is 1. The number of ether oxygens (including phenoxy) is 1. The van der Waals surface area contributed by atoms with E-state index in [9.17, 15) is 4.39 Å². The minimum atomic E-state index is -0.291. The molecule has 0 aliphatic heterocycles. The smallest absolute Gasteiger partial charge is 0.139 e. The van der Waals surface area contributed by atoms with Crippen molar-refractivity contribution < 1.29 is 9.13 Å². The fourth-order valence-electron chi connectivity index (χ4n) is 2.51. The van der Waals surface area contributed by atoms with Gasteiger partial charge in [-0.05, 0) is 27.9 Å². The van der Waals surface area contributed by atoms with Gasteiger partial charge in [0, 0.05) is 25.5 Å². The number of halogens is 3. The first kappa shape index (κ1) is 16.7. The third-order valence-corrected chi connectivity index (χ3v) is 4.36. The van der Waals surface area contributed by atoms with E-state index >= 15 is 0 Å². The van der Waals surface area contributed by atoms with Crippen LogP contribution in [0.4, 0.5) is 4.39 Å². The summed E-state index contributed by atoms with van der Waals surface area (Å²) in [4.78, 5) is 4.62. The Kier molecular flexibility index (Phi) is 5.63. The van der Waals surface area contributed by atoms with E-state index in [1.54, 1.807) is 13.2 Å². The van der Waals surface area contributed by atoms with E-state index in [1.807, 2.05) is 0 Å². The average molecular weight is 378 g/mol. The SMILES string of the molecule is COCC(C(C)C)n1c(CCCl)nc2cc(Br)c(F)cc21. The Morgan fingerprint density at radius 1 is 1.43 bits per heavy atom. The molecule has 1 aromatic carbocycles. The van der Waals surface area contributed by atoms with Crippen LogP contribution in [0.2, 0.25) is 0 Å². The van der Waals surface area contributed by atoms with Crippen molar-refractivity contribution >= 4 is 38.6 Å². The Hall–Kier alpha value is -0.650. The molecule has 0 saturated carbocycles. The molecule has 0 spiro atoms. The van der Waals surface area contributed by atoms with Crippen LogP contribution in [0, 0.1) is 11.7 Å². The van der Waals surface area contributed by atoms with Crippen molar-refractivity contribution in [3.63, 3.8) is 0 Å². The summed E-state index contributed by atoms with van der Waals surface area (Å²) in [5, 5.41) is 0. The molecule has 1 unspecified atom stereocenters. The van der Waals surface area contributed by atoms with Crippen LogP contribution in [-0.2, 0) is 11.2 Å². The molecule has 0 fully saturated rings. The van der Waals surface area contributed by atoms with Gasteiger partial charge in [-0.25, -0.2) is 9.37 Å². The zero-order chi connectivity index (χ0) is 15.6. The average Bonchev–Trinajstić information content (AvgIpc) is 2.74. The Labute approximate surface area is 137 Å². The molecule has 2 rings (SSSR count). The van der Waals surface area contributed by atoms with Crippen LogP contribution < -0.4 is 0 Å². The fraction of sp³-hybridized carbons (Fsp3) is 0.533. The zero-order valence-corrected chi connectivity index (χ0v) is 14.7. The predicted molar refractivity (Wildman–Crippen MR) is 87.6 cm³/mol. The van der Waals surface area contributed by atoms with Crippen molar-refractivity contribution in [2.75, 3.05) is 19.6 Å². The number of hydrogen-bond donors (Lipinski definition) is 0. The van der Waals surface area contributed by atoms with Crippen LogP contribution in [0.5, 0.6) is 0 Å². The van der Waals surface area contributed by atoms with Crippen molar-refractivity contribution in [3.8, 4) is 0 Å². The number of rotatable bonds is 6. The molecule has 3 nitrogen and oxygen atoms in total. The highest BCUT2D eigenvalue weighted by molar-refractivity contribution is 9.10. The largest absolute Gasteiger partial charge is 0.383 e. The normalized spacial score (nSPS) is 13.3. The Balaban J connectivity index is 2.66. The second-order valence-electron chi connectivity index (χ2n) is 5.36. The minimum Gasteiger partial charge on any atom is -0.383 e. The highest BCUT2D eigenvalue weighted by atomic mass is 79.9. The summed E-state index contributed by atoms with van der Waals surface area (Å²) in [6, 6.07) is 3.33. The molecule has 0 saturated heterocycles. The molecule has 1 aromatic heterocycles. The molecule has 0 aliphatic rings.